The molecule has 2 aromatic rings. The van der Waals surface area contributed by atoms with Gasteiger partial charge in [-0.25, -0.2) is 0 Å². The first kappa shape index (κ1) is 21.4. The third-order valence-corrected chi connectivity index (χ3v) is 5.45. The van der Waals surface area contributed by atoms with Gasteiger partial charge in [-0.15, -0.1) is 0 Å². The highest BCUT2D eigenvalue weighted by Gasteiger charge is 2.26. The zero-order valence-corrected chi connectivity index (χ0v) is 17.0. The molecule has 0 unspecified atom stereocenters. The van der Waals surface area contributed by atoms with Crippen LogP contribution in [0.25, 0.3) is 0 Å². The Hall–Kier alpha value is -3.26. The van der Waals surface area contributed by atoms with Crippen molar-refractivity contribution >= 4 is 23.2 Å². The smallest absolute Gasteiger partial charge is 0.269 e. The minimum Gasteiger partial charge on any atom is -0.352 e. The van der Waals surface area contributed by atoms with E-state index < -0.39 is 4.92 Å². The molecule has 0 aliphatic carbocycles. The summed E-state index contributed by atoms with van der Waals surface area (Å²) < 4.78 is 0. The second-order valence-corrected chi connectivity index (χ2v) is 7.48. The van der Waals surface area contributed by atoms with Crippen LogP contribution in [0.2, 0.25) is 0 Å². The minimum atomic E-state index is -0.467. The lowest BCUT2D eigenvalue weighted by Gasteiger charge is -2.31. The predicted molar refractivity (Wildman–Crippen MR) is 114 cm³/mol. The summed E-state index contributed by atoms with van der Waals surface area (Å²) in [6.07, 6.45) is 1.43. The van der Waals surface area contributed by atoms with E-state index in [9.17, 15) is 19.7 Å². The molecule has 1 saturated heterocycles. The Morgan fingerprint density at radius 2 is 1.73 bits per heavy atom. The molecule has 8 heteroatoms. The number of rotatable bonds is 7. The number of carbonyl (C=O) groups is 2. The number of amides is 2. The van der Waals surface area contributed by atoms with Crippen molar-refractivity contribution in [3.05, 3.63) is 70.3 Å². The number of nitrogens with zero attached hydrogens (tertiary/aromatic N) is 3. The van der Waals surface area contributed by atoms with Crippen LogP contribution < -0.4 is 10.2 Å². The third-order valence-electron chi connectivity index (χ3n) is 5.45. The van der Waals surface area contributed by atoms with Gasteiger partial charge in [-0.2, -0.15) is 0 Å². The van der Waals surface area contributed by atoms with Gasteiger partial charge in [0.05, 0.1) is 11.5 Å². The Kier molecular flexibility index (Phi) is 7.13. The fourth-order valence-corrected chi connectivity index (χ4v) is 3.52. The number of non-ortho nitro benzene ring substituents is 1. The van der Waals surface area contributed by atoms with Gasteiger partial charge in [0.25, 0.3) is 5.69 Å². The number of benzene rings is 2. The van der Waals surface area contributed by atoms with Crippen LogP contribution in [0.4, 0.5) is 11.4 Å². The molecule has 1 fully saturated rings. The van der Waals surface area contributed by atoms with Gasteiger partial charge < -0.3 is 10.2 Å². The van der Waals surface area contributed by atoms with E-state index in [0.717, 1.165) is 18.4 Å². The number of nitro groups is 1. The highest BCUT2D eigenvalue weighted by Crippen LogP contribution is 2.20. The van der Waals surface area contributed by atoms with Crippen LogP contribution in [0.5, 0.6) is 0 Å². The van der Waals surface area contributed by atoms with Gasteiger partial charge >= 0.3 is 0 Å². The summed E-state index contributed by atoms with van der Waals surface area (Å²) in [7, 11) is 1.66. The predicted octanol–water partition coefficient (Wildman–Crippen LogP) is 2.59. The van der Waals surface area contributed by atoms with E-state index in [0.29, 0.717) is 25.3 Å². The first-order valence-corrected chi connectivity index (χ1v) is 9.99. The SMILES string of the molecule is CN(C(=O)CN1CCC(C(=O)NCc2ccccc2)CC1)c1ccc([N+](=O)[O-])cc1. The molecule has 1 N–H and O–H groups in total. The molecule has 1 aliphatic heterocycles. The highest BCUT2D eigenvalue weighted by molar-refractivity contribution is 5.94. The largest absolute Gasteiger partial charge is 0.352 e. The quantitative estimate of drug-likeness (QED) is 0.559. The van der Waals surface area contributed by atoms with Crippen LogP contribution >= 0.6 is 0 Å². The molecule has 0 bridgehead atoms. The molecule has 0 spiro atoms. The Morgan fingerprint density at radius 3 is 2.33 bits per heavy atom. The monoisotopic (exact) mass is 410 g/mol. The maximum atomic E-state index is 12.6. The van der Waals surface area contributed by atoms with Crippen molar-refractivity contribution in [3.63, 3.8) is 0 Å². The van der Waals surface area contributed by atoms with Crippen molar-refractivity contribution in [1.29, 1.82) is 0 Å². The molecular formula is C22H26N4O4. The molecule has 0 aromatic heterocycles. The third kappa shape index (κ3) is 5.64. The van der Waals surface area contributed by atoms with Crippen molar-refractivity contribution in [2.24, 2.45) is 5.92 Å². The van der Waals surface area contributed by atoms with Gasteiger partial charge in [-0.05, 0) is 43.6 Å². The van der Waals surface area contributed by atoms with Crippen LogP contribution in [0, 0.1) is 16.0 Å². The lowest BCUT2D eigenvalue weighted by molar-refractivity contribution is -0.384. The number of nitrogens with one attached hydrogen (secondary N) is 1. The standard InChI is InChI=1S/C22H26N4O4/c1-24(19-7-9-20(10-8-19)26(29)30)21(27)16-25-13-11-18(12-14-25)22(28)23-15-17-5-3-2-4-6-17/h2-10,18H,11-16H2,1H3,(H,23,28). The highest BCUT2D eigenvalue weighted by atomic mass is 16.6. The number of nitro benzene ring substituents is 1. The van der Waals surface area contributed by atoms with Crippen LogP contribution in [0.3, 0.4) is 0 Å². The molecule has 1 aliphatic rings. The average molecular weight is 410 g/mol. The van der Waals surface area contributed by atoms with E-state index in [1.54, 1.807) is 19.2 Å². The lowest BCUT2D eigenvalue weighted by atomic mass is 9.96. The van der Waals surface area contributed by atoms with E-state index in [1.165, 1.54) is 17.0 Å². The lowest BCUT2D eigenvalue weighted by Crippen LogP contribution is -2.44. The van der Waals surface area contributed by atoms with Crippen molar-refractivity contribution < 1.29 is 14.5 Å². The minimum absolute atomic E-state index is 0.00721. The first-order chi connectivity index (χ1) is 14.4. The zero-order chi connectivity index (χ0) is 21.5. The topological polar surface area (TPSA) is 95.8 Å². The van der Waals surface area contributed by atoms with Crippen molar-refractivity contribution in [2.45, 2.75) is 19.4 Å². The van der Waals surface area contributed by atoms with E-state index in [4.69, 9.17) is 0 Å². The molecule has 1 heterocycles. The summed E-state index contributed by atoms with van der Waals surface area (Å²) in [4.78, 5) is 38.8. The summed E-state index contributed by atoms with van der Waals surface area (Å²) in [6, 6.07) is 15.7. The van der Waals surface area contributed by atoms with Gasteiger partial charge in [0.1, 0.15) is 0 Å². The van der Waals surface area contributed by atoms with Crippen molar-refractivity contribution in [1.82, 2.24) is 10.2 Å². The van der Waals surface area contributed by atoms with Crippen molar-refractivity contribution in [2.75, 3.05) is 31.6 Å². The van der Waals surface area contributed by atoms with E-state index in [1.807, 2.05) is 35.2 Å². The van der Waals surface area contributed by atoms with Crippen LogP contribution in [-0.4, -0.2) is 48.3 Å². The zero-order valence-electron chi connectivity index (χ0n) is 17.0. The summed E-state index contributed by atoms with van der Waals surface area (Å²) in [5.41, 5.74) is 1.68. The van der Waals surface area contributed by atoms with Crippen molar-refractivity contribution in [3.8, 4) is 0 Å². The Bertz CT molecular complexity index is 878. The normalized spacial score (nSPS) is 14.8. The van der Waals surface area contributed by atoms with Gasteiger partial charge in [-0.1, -0.05) is 30.3 Å². The number of piperidine rings is 1. The first-order valence-electron chi connectivity index (χ1n) is 9.99. The van der Waals surface area contributed by atoms with Gasteiger partial charge in [0, 0.05) is 37.3 Å². The van der Waals surface area contributed by atoms with Crippen LogP contribution in [0.1, 0.15) is 18.4 Å². The Morgan fingerprint density at radius 1 is 1.10 bits per heavy atom. The fourth-order valence-electron chi connectivity index (χ4n) is 3.52. The van der Waals surface area contributed by atoms with E-state index in [2.05, 4.69) is 5.32 Å². The number of anilines is 1. The number of hydrogen-bond acceptors (Lipinski definition) is 5. The molecule has 158 valence electrons. The second kappa shape index (κ2) is 9.98. The molecule has 2 amide bonds. The maximum Gasteiger partial charge on any atom is 0.269 e. The molecule has 8 nitrogen and oxygen atoms in total. The van der Waals surface area contributed by atoms with Crippen LogP contribution in [-0.2, 0) is 16.1 Å². The van der Waals surface area contributed by atoms with Gasteiger partial charge in [0.2, 0.25) is 11.8 Å². The second-order valence-electron chi connectivity index (χ2n) is 7.48. The number of hydrogen-bond donors (Lipinski definition) is 1. The summed E-state index contributed by atoms with van der Waals surface area (Å²) in [6.45, 7) is 2.15. The van der Waals surface area contributed by atoms with Crippen LogP contribution in [0.15, 0.2) is 54.6 Å². The summed E-state index contributed by atoms with van der Waals surface area (Å²) in [5.74, 6) is -0.0591. The molecule has 30 heavy (non-hydrogen) atoms. The number of likely N-dealkylation sites (tertiary alicyclic amines) is 1. The number of carbonyl (C=O) groups excluding carboxylic acids is 2. The maximum absolute atomic E-state index is 12.6. The van der Waals surface area contributed by atoms with Gasteiger partial charge in [0.15, 0.2) is 0 Å². The molecule has 3 rings (SSSR count). The molecular weight excluding hydrogens is 384 g/mol. The molecule has 0 saturated carbocycles. The molecule has 0 radical (unpaired) electrons. The van der Waals surface area contributed by atoms with Gasteiger partial charge in [-0.3, -0.25) is 24.6 Å². The van der Waals surface area contributed by atoms with E-state index >= 15 is 0 Å². The average Bonchev–Trinajstić information content (AvgIpc) is 2.78. The number of likely N-dealkylation sites (N-methyl/N-ethyl adjacent to an activating group) is 1. The van der Waals surface area contributed by atoms with E-state index in [-0.39, 0.29) is 30.0 Å². The summed E-state index contributed by atoms with van der Waals surface area (Å²) in [5, 5.41) is 13.8. The fraction of sp³-hybridized carbons (Fsp3) is 0.364. The summed E-state index contributed by atoms with van der Waals surface area (Å²) >= 11 is 0. The molecule has 0 atom stereocenters. The Labute approximate surface area is 175 Å². The molecule has 2 aromatic carbocycles. The Balaban J connectivity index is 1.43.